The zero-order chi connectivity index (χ0) is 11.5. The van der Waals surface area contributed by atoms with Gasteiger partial charge < -0.3 is 4.74 Å². The highest BCUT2D eigenvalue weighted by Gasteiger charge is 2.01. The summed E-state index contributed by atoms with van der Waals surface area (Å²) in [4.78, 5) is 0. The maximum absolute atomic E-state index is 5.80. The average Bonchev–Trinajstić information content (AvgIpc) is 2.80. The van der Waals surface area contributed by atoms with Gasteiger partial charge in [-0.25, -0.2) is 0 Å². The highest BCUT2D eigenvalue weighted by Crippen LogP contribution is 2.31. The summed E-state index contributed by atoms with van der Waals surface area (Å²) in [5.41, 5.74) is 1.20. The molecule has 0 aliphatic carbocycles. The van der Waals surface area contributed by atoms with Gasteiger partial charge in [0.15, 0.2) is 5.06 Å². The minimum atomic E-state index is 0.633. The van der Waals surface area contributed by atoms with Crippen LogP contribution in [-0.2, 0) is 6.61 Å². The summed E-state index contributed by atoms with van der Waals surface area (Å²) < 4.78 is 7.07. The first-order valence-electron chi connectivity index (χ1n) is 5.57. The van der Waals surface area contributed by atoms with Crippen LogP contribution < -0.4 is 4.74 Å². The fourth-order valence-electron chi connectivity index (χ4n) is 1.76. The van der Waals surface area contributed by atoms with Gasteiger partial charge in [0.05, 0.1) is 0 Å². The van der Waals surface area contributed by atoms with Gasteiger partial charge in [-0.1, -0.05) is 59.9 Å². The highest BCUT2D eigenvalue weighted by atomic mass is 32.1. The topological polar surface area (TPSA) is 9.23 Å². The van der Waals surface area contributed by atoms with E-state index in [1.54, 1.807) is 11.3 Å². The molecule has 1 aromatic heterocycles. The predicted molar refractivity (Wildman–Crippen MR) is 72.6 cm³/mol. The number of rotatable bonds is 3. The van der Waals surface area contributed by atoms with E-state index >= 15 is 0 Å². The Morgan fingerprint density at radius 3 is 2.47 bits per heavy atom. The van der Waals surface area contributed by atoms with E-state index in [4.69, 9.17) is 4.74 Å². The second kappa shape index (κ2) is 4.60. The highest BCUT2D eigenvalue weighted by molar-refractivity contribution is 7.20. The summed E-state index contributed by atoms with van der Waals surface area (Å²) in [6, 6.07) is 20.7. The van der Waals surface area contributed by atoms with Crippen molar-refractivity contribution in [2.75, 3.05) is 0 Å². The minimum absolute atomic E-state index is 0.633. The van der Waals surface area contributed by atoms with Crippen LogP contribution in [-0.4, -0.2) is 0 Å². The molecule has 0 bridgehead atoms. The van der Waals surface area contributed by atoms with Gasteiger partial charge in [-0.2, -0.15) is 0 Å². The molecule has 0 spiro atoms. The Balaban J connectivity index is 1.77. The summed E-state index contributed by atoms with van der Waals surface area (Å²) in [6.07, 6.45) is 0. The van der Waals surface area contributed by atoms with Crippen LogP contribution >= 0.6 is 11.3 Å². The first-order valence-corrected chi connectivity index (χ1v) is 6.39. The molecule has 3 rings (SSSR count). The Morgan fingerprint density at radius 2 is 1.65 bits per heavy atom. The number of hydrogen-bond donors (Lipinski definition) is 0. The van der Waals surface area contributed by atoms with Gasteiger partial charge in [0.1, 0.15) is 6.61 Å². The summed E-state index contributed by atoms with van der Waals surface area (Å²) in [5.74, 6) is 0. The summed E-state index contributed by atoms with van der Waals surface area (Å²) in [6.45, 7) is 0.633. The lowest BCUT2D eigenvalue weighted by Crippen LogP contribution is -1.92. The second-order valence-electron chi connectivity index (χ2n) is 3.88. The SMILES string of the molecule is c1ccc(COc2cc3ccccc3s2)cc1. The van der Waals surface area contributed by atoms with E-state index in [-0.39, 0.29) is 0 Å². The van der Waals surface area contributed by atoms with Gasteiger partial charge in [-0.15, -0.1) is 0 Å². The van der Waals surface area contributed by atoms with Crippen molar-refractivity contribution in [1.82, 2.24) is 0 Å². The molecule has 0 unspecified atom stereocenters. The molecule has 1 heterocycles. The molecule has 0 saturated carbocycles. The van der Waals surface area contributed by atoms with Crippen LogP contribution in [0, 0.1) is 0 Å². The van der Waals surface area contributed by atoms with E-state index in [1.807, 2.05) is 18.2 Å². The van der Waals surface area contributed by atoms with E-state index in [9.17, 15) is 0 Å². The molecule has 0 aliphatic rings. The fourth-order valence-corrected chi connectivity index (χ4v) is 2.67. The van der Waals surface area contributed by atoms with Crippen molar-refractivity contribution in [3.8, 4) is 5.06 Å². The third-order valence-corrected chi connectivity index (χ3v) is 3.66. The van der Waals surface area contributed by atoms with E-state index in [2.05, 4.69) is 42.5 Å². The third-order valence-electron chi connectivity index (χ3n) is 2.63. The van der Waals surface area contributed by atoms with Crippen LogP contribution in [0.3, 0.4) is 0 Å². The smallest absolute Gasteiger partial charge is 0.175 e. The Morgan fingerprint density at radius 1 is 0.882 bits per heavy atom. The maximum Gasteiger partial charge on any atom is 0.175 e. The van der Waals surface area contributed by atoms with Gasteiger partial charge in [-0.3, -0.25) is 0 Å². The molecule has 2 heteroatoms. The monoisotopic (exact) mass is 240 g/mol. The quantitative estimate of drug-likeness (QED) is 0.656. The molecular formula is C15H12OS. The normalized spacial score (nSPS) is 10.6. The zero-order valence-corrected chi connectivity index (χ0v) is 10.1. The number of benzene rings is 2. The lowest BCUT2D eigenvalue weighted by molar-refractivity contribution is 0.316. The van der Waals surface area contributed by atoms with Crippen LogP contribution in [0.5, 0.6) is 5.06 Å². The molecule has 0 saturated heterocycles. The molecule has 2 aromatic carbocycles. The maximum atomic E-state index is 5.80. The molecule has 0 aliphatic heterocycles. The average molecular weight is 240 g/mol. The third kappa shape index (κ3) is 2.32. The van der Waals surface area contributed by atoms with Crippen LogP contribution in [0.4, 0.5) is 0 Å². The van der Waals surface area contributed by atoms with Gasteiger partial charge in [-0.05, 0) is 23.1 Å². The molecule has 84 valence electrons. The zero-order valence-electron chi connectivity index (χ0n) is 9.30. The Hall–Kier alpha value is -1.80. The van der Waals surface area contributed by atoms with Crippen LogP contribution in [0.2, 0.25) is 0 Å². The summed E-state index contributed by atoms with van der Waals surface area (Å²) >= 11 is 1.69. The van der Waals surface area contributed by atoms with Crippen molar-refractivity contribution in [2.24, 2.45) is 0 Å². The number of thiophene rings is 1. The largest absolute Gasteiger partial charge is 0.479 e. The van der Waals surface area contributed by atoms with E-state index in [1.165, 1.54) is 15.6 Å². The van der Waals surface area contributed by atoms with Gasteiger partial charge in [0.2, 0.25) is 0 Å². The standard InChI is InChI=1S/C15H12OS/c1-2-6-12(7-3-1)11-16-15-10-13-8-4-5-9-14(13)17-15/h1-10H,11H2. The fraction of sp³-hybridized carbons (Fsp3) is 0.0667. The van der Waals surface area contributed by atoms with E-state index < -0.39 is 0 Å². The van der Waals surface area contributed by atoms with E-state index in [0.29, 0.717) is 6.61 Å². The van der Waals surface area contributed by atoms with E-state index in [0.717, 1.165) is 5.06 Å². The molecule has 1 nitrogen and oxygen atoms in total. The molecule has 3 aromatic rings. The van der Waals surface area contributed by atoms with Crippen molar-refractivity contribution >= 4 is 21.4 Å². The van der Waals surface area contributed by atoms with Crippen molar-refractivity contribution in [3.05, 3.63) is 66.2 Å². The van der Waals surface area contributed by atoms with Crippen molar-refractivity contribution < 1.29 is 4.74 Å². The molecule has 0 radical (unpaired) electrons. The molecular weight excluding hydrogens is 228 g/mol. The van der Waals surface area contributed by atoms with Crippen molar-refractivity contribution in [3.63, 3.8) is 0 Å². The van der Waals surface area contributed by atoms with Crippen LogP contribution in [0.25, 0.3) is 10.1 Å². The van der Waals surface area contributed by atoms with Gasteiger partial charge in [0, 0.05) is 4.70 Å². The lowest BCUT2D eigenvalue weighted by atomic mass is 10.2. The Labute approximate surface area is 104 Å². The second-order valence-corrected chi connectivity index (χ2v) is 4.92. The Kier molecular flexibility index (Phi) is 2.80. The predicted octanol–water partition coefficient (Wildman–Crippen LogP) is 4.48. The molecule has 17 heavy (non-hydrogen) atoms. The molecule has 0 N–H and O–H groups in total. The van der Waals surface area contributed by atoms with Crippen molar-refractivity contribution in [2.45, 2.75) is 6.61 Å². The molecule has 0 fully saturated rings. The number of fused-ring (bicyclic) bond motifs is 1. The van der Waals surface area contributed by atoms with Crippen LogP contribution in [0.15, 0.2) is 60.7 Å². The number of hydrogen-bond acceptors (Lipinski definition) is 2. The summed E-state index contributed by atoms with van der Waals surface area (Å²) in [7, 11) is 0. The van der Waals surface area contributed by atoms with Gasteiger partial charge in [0.25, 0.3) is 0 Å². The van der Waals surface area contributed by atoms with Crippen molar-refractivity contribution in [1.29, 1.82) is 0 Å². The Bertz CT molecular complexity index is 580. The summed E-state index contributed by atoms with van der Waals surface area (Å²) in [5, 5.41) is 2.23. The minimum Gasteiger partial charge on any atom is -0.479 e. The lowest BCUT2D eigenvalue weighted by Gasteiger charge is -2.02. The number of ether oxygens (including phenoxy) is 1. The molecule has 0 atom stereocenters. The van der Waals surface area contributed by atoms with Gasteiger partial charge >= 0.3 is 0 Å². The molecule has 0 amide bonds. The first kappa shape index (κ1) is 10.4. The first-order chi connectivity index (χ1) is 8.42. The van der Waals surface area contributed by atoms with Crippen LogP contribution in [0.1, 0.15) is 5.56 Å².